The molecule has 0 amide bonds. The van der Waals surface area contributed by atoms with Crippen LogP contribution in [0.4, 0.5) is 11.4 Å². The summed E-state index contributed by atoms with van der Waals surface area (Å²) in [4.78, 5) is 10.9. The maximum atomic E-state index is 11.2. The van der Waals surface area contributed by atoms with Gasteiger partial charge in [0.05, 0.1) is 11.0 Å². The van der Waals surface area contributed by atoms with Crippen molar-refractivity contribution in [1.29, 1.82) is 0 Å². The van der Waals surface area contributed by atoms with Crippen molar-refractivity contribution in [2.45, 2.75) is 38.1 Å². The van der Waals surface area contributed by atoms with Crippen LogP contribution >= 0.6 is 0 Å². The fourth-order valence-corrected chi connectivity index (χ4v) is 4.29. The van der Waals surface area contributed by atoms with Gasteiger partial charge in [0.25, 0.3) is 5.69 Å². The highest BCUT2D eigenvalue weighted by Crippen LogP contribution is 2.51. The quantitative estimate of drug-likeness (QED) is 0.455. The lowest BCUT2D eigenvalue weighted by Gasteiger charge is -2.39. The van der Waals surface area contributed by atoms with E-state index in [1.807, 2.05) is 6.07 Å². The molecule has 25 heavy (non-hydrogen) atoms. The van der Waals surface area contributed by atoms with E-state index in [1.165, 1.54) is 16.8 Å². The van der Waals surface area contributed by atoms with Gasteiger partial charge in [-0.1, -0.05) is 56.3 Å². The van der Waals surface area contributed by atoms with Crippen LogP contribution in [-0.2, 0) is 0 Å². The van der Waals surface area contributed by atoms with Crippen LogP contribution in [0.2, 0.25) is 0 Å². The summed E-state index contributed by atoms with van der Waals surface area (Å²) in [5.41, 5.74) is 5.03. The molecule has 1 aliphatic carbocycles. The molecule has 2 aromatic carbocycles. The normalized spacial score (nSPS) is 23.9. The Morgan fingerprint density at radius 1 is 1.20 bits per heavy atom. The van der Waals surface area contributed by atoms with E-state index >= 15 is 0 Å². The largest absolute Gasteiger partial charge is 0.377 e. The summed E-state index contributed by atoms with van der Waals surface area (Å²) >= 11 is 0. The van der Waals surface area contributed by atoms with Crippen LogP contribution in [-0.4, -0.2) is 4.92 Å². The van der Waals surface area contributed by atoms with Gasteiger partial charge in [-0.25, -0.2) is 0 Å². The van der Waals surface area contributed by atoms with Crippen molar-refractivity contribution < 1.29 is 4.92 Å². The third-order valence-corrected chi connectivity index (χ3v) is 5.49. The second-order valence-corrected chi connectivity index (χ2v) is 7.29. The molecule has 0 spiro atoms. The number of fused-ring (bicyclic) bond motifs is 3. The molecule has 1 heterocycles. The zero-order valence-electron chi connectivity index (χ0n) is 14.5. The van der Waals surface area contributed by atoms with Gasteiger partial charge in [-0.2, -0.15) is 0 Å². The minimum absolute atomic E-state index is 0.0901. The maximum absolute atomic E-state index is 11.2. The number of nitrogens with zero attached hydrogens (tertiary/aromatic N) is 1. The third kappa shape index (κ3) is 2.62. The molecule has 2 aromatic rings. The topological polar surface area (TPSA) is 55.2 Å². The predicted molar refractivity (Wildman–Crippen MR) is 100.0 cm³/mol. The Bertz CT molecular complexity index is 857. The van der Waals surface area contributed by atoms with Crippen molar-refractivity contribution in [3.8, 4) is 0 Å². The van der Waals surface area contributed by atoms with E-state index in [2.05, 4.69) is 49.5 Å². The van der Waals surface area contributed by atoms with Gasteiger partial charge in [-0.05, 0) is 34.9 Å². The number of nitrogens with one attached hydrogen (secondary N) is 1. The molecule has 0 saturated carbocycles. The lowest BCUT2D eigenvalue weighted by Crippen LogP contribution is -2.30. The smallest absolute Gasteiger partial charge is 0.269 e. The Morgan fingerprint density at radius 2 is 2.00 bits per heavy atom. The summed E-state index contributed by atoms with van der Waals surface area (Å²) in [6.07, 6.45) is 5.55. The molecule has 128 valence electrons. The lowest BCUT2D eigenvalue weighted by molar-refractivity contribution is -0.384. The monoisotopic (exact) mass is 334 g/mol. The maximum Gasteiger partial charge on any atom is 0.269 e. The zero-order chi connectivity index (χ0) is 17.6. The summed E-state index contributed by atoms with van der Waals surface area (Å²) in [7, 11) is 0. The molecule has 0 bridgehead atoms. The fourth-order valence-electron chi connectivity index (χ4n) is 4.29. The van der Waals surface area contributed by atoms with Crippen molar-refractivity contribution in [3.05, 3.63) is 81.4 Å². The van der Waals surface area contributed by atoms with Gasteiger partial charge in [0.2, 0.25) is 0 Å². The number of nitro benzene ring substituents is 1. The molecule has 4 rings (SSSR count). The Hall–Kier alpha value is -2.62. The Balaban J connectivity index is 1.81. The number of hydrogen-bond donors (Lipinski definition) is 1. The van der Waals surface area contributed by atoms with Crippen LogP contribution in [0.5, 0.6) is 0 Å². The summed E-state index contributed by atoms with van der Waals surface area (Å²) in [6.45, 7) is 4.41. The van der Waals surface area contributed by atoms with Gasteiger partial charge in [0.1, 0.15) is 0 Å². The molecular weight excluding hydrogens is 312 g/mol. The van der Waals surface area contributed by atoms with E-state index in [0.29, 0.717) is 17.8 Å². The Morgan fingerprint density at radius 3 is 2.76 bits per heavy atom. The van der Waals surface area contributed by atoms with Gasteiger partial charge in [-0.15, -0.1) is 0 Å². The summed E-state index contributed by atoms with van der Waals surface area (Å²) in [5.74, 6) is 1.20. The van der Waals surface area contributed by atoms with Crippen LogP contribution < -0.4 is 5.32 Å². The predicted octanol–water partition coefficient (Wildman–Crippen LogP) is 5.54. The number of allylic oxidation sites excluding steroid dienone is 2. The van der Waals surface area contributed by atoms with Gasteiger partial charge >= 0.3 is 0 Å². The molecule has 4 nitrogen and oxygen atoms in total. The van der Waals surface area contributed by atoms with Crippen molar-refractivity contribution >= 4 is 11.4 Å². The minimum atomic E-state index is -0.315. The number of nitro groups is 1. The first-order valence-electron chi connectivity index (χ1n) is 8.86. The highest BCUT2D eigenvalue weighted by atomic mass is 16.6. The minimum Gasteiger partial charge on any atom is -0.377 e. The first-order chi connectivity index (χ1) is 12.1. The lowest BCUT2D eigenvalue weighted by atomic mass is 9.75. The van der Waals surface area contributed by atoms with E-state index in [0.717, 1.165) is 12.0 Å². The van der Waals surface area contributed by atoms with Crippen LogP contribution in [0.3, 0.4) is 0 Å². The van der Waals surface area contributed by atoms with Crippen molar-refractivity contribution in [1.82, 2.24) is 0 Å². The van der Waals surface area contributed by atoms with Crippen molar-refractivity contribution in [3.63, 3.8) is 0 Å². The van der Waals surface area contributed by atoms with E-state index in [-0.39, 0.29) is 16.7 Å². The second kappa shape index (κ2) is 6.03. The fraction of sp³-hybridized carbons (Fsp3) is 0.333. The molecule has 4 heteroatoms. The van der Waals surface area contributed by atoms with Gasteiger partial charge in [0.15, 0.2) is 0 Å². The summed E-state index contributed by atoms with van der Waals surface area (Å²) in [6, 6.07) is 13.7. The highest BCUT2D eigenvalue weighted by Gasteiger charge is 2.39. The summed E-state index contributed by atoms with van der Waals surface area (Å²) in [5, 5.41) is 14.9. The molecule has 3 atom stereocenters. The van der Waals surface area contributed by atoms with Crippen LogP contribution in [0.15, 0.2) is 54.6 Å². The summed E-state index contributed by atoms with van der Waals surface area (Å²) < 4.78 is 0. The number of anilines is 1. The first-order valence-corrected chi connectivity index (χ1v) is 8.86. The molecular formula is C21H22N2O2. The van der Waals surface area contributed by atoms with E-state index < -0.39 is 0 Å². The first kappa shape index (κ1) is 15.9. The molecule has 0 radical (unpaired) electrons. The van der Waals surface area contributed by atoms with Crippen molar-refractivity contribution in [2.24, 2.45) is 5.92 Å². The molecule has 0 aromatic heterocycles. The van der Waals surface area contributed by atoms with Gasteiger partial charge < -0.3 is 5.32 Å². The van der Waals surface area contributed by atoms with Crippen LogP contribution in [0, 0.1) is 16.0 Å². The molecule has 1 N–H and O–H groups in total. The molecule has 2 aliphatic rings. The molecule has 3 unspecified atom stereocenters. The zero-order valence-corrected chi connectivity index (χ0v) is 14.5. The van der Waals surface area contributed by atoms with E-state index in [4.69, 9.17) is 0 Å². The number of hydrogen-bond acceptors (Lipinski definition) is 3. The molecule has 0 saturated heterocycles. The number of para-hydroxylation sites is 1. The Labute approximate surface area is 147 Å². The van der Waals surface area contributed by atoms with Gasteiger partial charge in [-0.3, -0.25) is 10.1 Å². The van der Waals surface area contributed by atoms with E-state index in [1.54, 1.807) is 18.2 Å². The van der Waals surface area contributed by atoms with Crippen LogP contribution in [0.1, 0.15) is 54.8 Å². The molecule has 0 fully saturated rings. The highest BCUT2D eigenvalue weighted by molar-refractivity contribution is 5.65. The SMILES string of the molecule is CC(C)c1cccc2c1NC(c1cccc([N+](=O)[O-])c1)C1CC=CC21. The average molecular weight is 334 g/mol. The van der Waals surface area contributed by atoms with Crippen molar-refractivity contribution in [2.75, 3.05) is 5.32 Å². The van der Waals surface area contributed by atoms with Crippen LogP contribution in [0.25, 0.3) is 0 Å². The third-order valence-electron chi connectivity index (χ3n) is 5.49. The van der Waals surface area contributed by atoms with E-state index in [9.17, 15) is 10.1 Å². The number of non-ortho nitro benzene ring substituents is 1. The molecule has 1 aliphatic heterocycles. The standard InChI is InChI=1S/C21H22N2O2/c1-13(2)16-8-4-11-19-17-9-5-10-18(17)20(22-21(16)19)14-6-3-7-15(12-14)23(24)25/h3-9,11-13,17-18,20,22H,10H2,1-2H3. The van der Waals surface area contributed by atoms with Gasteiger partial charge in [0, 0.05) is 23.7 Å². The second-order valence-electron chi connectivity index (χ2n) is 7.29. The number of benzene rings is 2. The number of rotatable bonds is 3. The Kier molecular flexibility index (Phi) is 3.83. The average Bonchev–Trinajstić information content (AvgIpc) is 3.10.